The molecule has 1 unspecified atom stereocenters. The van der Waals surface area contributed by atoms with Gasteiger partial charge in [-0.05, 0) is 20.2 Å². The van der Waals surface area contributed by atoms with E-state index in [1.807, 2.05) is 25.1 Å². The minimum atomic E-state index is 0.525. The van der Waals surface area contributed by atoms with Crippen molar-refractivity contribution in [3.8, 4) is 0 Å². The van der Waals surface area contributed by atoms with Crippen LogP contribution in [0, 0.1) is 0 Å². The number of hydrogen-bond acceptors (Lipinski definition) is 6. The van der Waals surface area contributed by atoms with Gasteiger partial charge in [0, 0.05) is 52.5 Å². The summed E-state index contributed by atoms with van der Waals surface area (Å²) in [6.45, 7) is 4.26. The monoisotopic (exact) mass is 264 g/mol. The van der Waals surface area contributed by atoms with Crippen LogP contribution in [-0.2, 0) is 0 Å². The Kier molecular flexibility index (Phi) is 4.55. The standard InChI is InChI=1S/C13H24N6/c1-17(2)13-14-6-5-12(16-13)15-9-11-10-18(3)7-8-19(11)4/h5-6,11H,7-10H2,1-4H3,(H,14,15,16). The highest BCUT2D eigenvalue weighted by Gasteiger charge is 2.21. The van der Waals surface area contributed by atoms with Gasteiger partial charge >= 0.3 is 0 Å². The van der Waals surface area contributed by atoms with Crippen LogP contribution in [0.3, 0.4) is 0 Å². The van der Waals surface area contributed by atoms with Gasteiger partial charge in [0.25, 0.3) is 0 Å². The van der Waals surface area contributed by atoms with Crippen molar-refractivity contribution in [2.75, 3.05) is 64.6 Å². The Morgan fingerprint density at radius 3 is 2.89 bits per heavy atom. The molecule has 1 fully saturated rings. The summed E-state index contributed by atoms with van der Waals surface area (Å²) in [4.78, 5) is 15.4. The molecule has 0 spiro atoms. The van der Waals surface area contributed by atoms with Crippen LogP contribution < -0.4 is 10.2 Å². The largest absolute Gasteiger partial charge is 0.368 e. The highest BCUT2D eigenvalue weighted by Crippen LogP contribution is 2.10. The van der Waals surface area contributed by atoms with Crippen molar-refractivity contribution >= 4 is 11.8 Å². The van der Waals surface area contributed by atoms with Crippen molar-refractivity contribution in [2.45, 2.75) is 6.04 Å². The van der Waals surface area contributed by atoms with Gasteiger partial charge in [-0.1, -0.05) is 0 Å². The molecule has 0 saturated carbocycles. The molecule has 106 valence electrons. The third kappa shape index (κ3) is 3.78. The summed E-state index contributed by atoms with van der Waals surface area (Å²) >= 11 is 0. The van der Waals surface area contributed by atoms with Crippen LogP contribution in [0.5, 0.6) is 0 Å². The van der Waals surface area contributed by atoms with Crippen LogP contribution in [-0.4, -0.2) is 80.2 Å². The molecule has 0 bridgehead atoms. The van der Waals surface area contributed by atoms with E-state index < -0.39 is 0 Å². The summed E-state index contributed by atoms with van der Waals surface area (Å²) in [5, 5.41) is 3.41. The normalized spacial score (nSPS) is 21.4. The van der Waals surface area contributed by atoms with Gasteiger partial charge in [0.2, 0.25) is 5.95 Å². The van der Waals surface area contributed by atoms with Gasteiger partial charge in [-0.2, -0.15) is 4.98 Å². The number of aromatic nitrogens is 2. The first-order valence-electron chi connectivity index (χ1n) is 6.69. The summed E-state index contributed by atoms with van der Waals surface area (Å²) in [6.07, 6.45) is 1.79. The summed E-state index contributed by atoms with van der Waals surface area (Å²) in [6, 6.07) is 2.44. The SMILES string of the molecule is CN1CCN(C)C(CNc2ccnc(N(C)C)n2)C1. The zero-order valence-electron chi connectivity index (χ0n) is 12.3. The Morgan fingerprint density at radius 1 is 1.37 bits per heavy atom. The Bertz CT molecular complexity index is 408. The van der Waals surface area contributed by atoms with Crippen LogP contribution >= 0.6 is 0 Å². The van der Waals surface area contributed by atoms with Crippen molar-refractivity contribution in [3.63, 3.8) is 0 Å². The molecule has 1 saturated heterocycles. The second kappa shape index (κ2) is 6.16. The molecule has 19 heavy (non-hydrogen) atoms. The van der Waals surface area contributed by atoms with Gasteiger partial charge in [0.05, 0.1) is 0 Å². The zero-order chi connectivity index (χ0) is 13.8. The number of piperazine rings is 1. The molecule has 2 heterocycles. The highest BCUT2D eigenvalue weighted by molar-refractivity contribution is 5.40. The predicted octanol–water partition coefficient (Wildman–Crippen LogP) is 0.200. The molecule has 0 aromatic carbocycles. The van der Waals surface area contributed by atoms with Crippen LogP contribution in [0.15, 0.2) is 12.3 Å². The molecule has 2 rings (SSSR count). The molecule has 1 aromatic rings. The molecule has 6 nitrogen and oxygen atoms in total. The number of rotatable bonds is 4. The fourth-order valence-electron chi connectivity index (χ4n) is 2.21. The van der Waals surface area contributed by atoms with Crippen LogP contribution in [0.1, 0.15) is 0 Å². The third-order valence-corrected chi connectivity index (χ3v) is 3.54. The van der Waals surface area contributed by atoms with Crippen molar-refractivity contribution in [1.29, 1.82) is 0 Å². The average molecular weight is 264 g/mol. The van der Waals surface area contributed by atoms with Gasteiger partial charge in [0.15, 0.2) is 0 Å². The topological polar surface area (TPSA) is 47.5 Å². The van der Waals surface area contributed by atoms with E-state index in [4.69, 9.17) is 0 Å². The molecular formula is C13H24N6. The Balaban J connectivity index is 1.92. The predicted molar refractivity (Wildman–Crippen MR) is 78.8 cm³/mol. The van der Waals surface area contributed by atoms with Crippen molar-refractivity contribution in [3.05, 3.63) is 12.3 Å². The molecule has 1 N–H and O–H groups in total. The summed E-state index contributed by atoms with van der Waals surface area (Å²) in [7, 11) is 8.26. The number of anilines is 2. The molecule has 1 aliphatic heterocycles. The fraction of sp³-hybridized carbons (Fsp3) is 0.692. The molecule has 6 heteroatoms. The maximum absolute atomic E-state index is 4.47. The second-order valence-corrected chi connectivity index (χ2v) is 5.41. The van der Waals surface area contributed by atoms with Gasteiger partial charge < -0.3 is 15.1 Å². The van der Waals surface area contributed by atoms with E-state index in [0.717, 1.165) is 37.9 Å². The first-order valence-corrected chi connectivity index (χ1v) is 6.69. The zero-order valence-corrected chi connectivity index (χ0v) is 12.3. The van der Waals surface area contributed by atoms with Crippen molar-refractivity contribution in [1.82, 2.24) is 19.8 Å². The van der Waals surface area contributed by atoms with E-state index in [-0.39, 0.29) is 0 Å². The quantitative estimate of drug-likeness (QED) is 0.838. The first-order chi connectivity index (χ1) is 9.06. The van der Waals surface area contributed by atoms with Crippen molar-refractivity contribution < 1.29 is 0 Å². The second-order valence-electron chi connectivity index (χ2n) is 5.41. The average Bonchev–Trinajstić information content (AvgIpc) is 2.40. The number of likely N-dealkylation sites (N-methyl/N-ethyl adjacent to an activating group) is 2. The smallest absolute Gasteiger partial charge is 0.226 e. The molecule has 1 aliphatic rings. The molecule has 1 aromatic heterocycles. The molecular weight excluding hydrogens is 240 g/mol. The lowest BCUT2D eigenvalue weighted by atomic mass is 10.2. The van der Waals surface area contributed by atoms with Crippen LogP contribution in [0.2, 0.25) is 0 Å². The van der Waals surface area contributed by atoms with Gasteiger partial charge in [-0.25, -0.2) is 4.98 Å². The molecule has 0 aliphatic carbocycles. The molecule has 0 radical (unpaired) electrons. The molecule has 0 amide bonds. The lowest BCUT2D eigenvalue weighted by molar-refractivity contribution is 0.122. The summed E-state index contributed by atoms with van der Waals surface area (Å²) in [5.74, 6) is 1.62. The van der Waals surface area contributed by atoms with E-state index in [1.54, 1.807) is 6.20 Å². The van der Waals surface area contributed by atoms with E-state index in [9.17, 15) is 0 Å². The number of hydrogen-bond donors (Lipinski definition) is 1. The van der Waals surface area contributed by atoms with E-state index in [2.05, 4.69) is 39.2 Å². The summed E-state index contributed by atoms with van der Waals surface area (Å²) < 4.78 is 0. The Morgan fingerprint density at radius 2 is 2.16 bits per heavy atom. The maximum Gasteiger partial charge on any atom is 0.226 e. The maximum atomic E-state index is 4.47. The lowest BCUT2D eigenvalue weighted by Gasteiger charge is -2.37. The highest BCUT2D eigenvalue weighted by atomic mass is 15.3. The summed E-state index contributed by atoms with van der Waals surface area (Å²) in [5.41, 5.74) is 0. The Labute approximate surface area is 115 Å². The minimum absolute atomic E-state index is 0.525. The number of nitrogens with zero attached hydrogens (tertiary/aromatic N) is 5. The van der Waals surface area contributed by atoms with Crippen LogP contribution in [0.4, 0.5) is 11.8 Å². The number of nitrogens with one attached hydrogen (secondary N) is 1. The van der Waals surface area contributed by atoms with Gasteiger partial charge in [-0.15, -0.1) is 0 Å². The van der Waals surface area contributed by atoms with E-state index >= 15 is 0 Å². The van der Waals surface area contributed by atoms with Gasteiger partial charge in [0.1, 0.15) is 5.82 Å². The van der Waals surface area contributed by atoms with Gasteiger partial charge in [-0.3, -0.25) is 4.90 Å². The van der Waals surface area contributed by atoms with E-state index in [0.29, 0.717) is 6.04 Å². The fourth-order valence-corrected chi connectivity index (χ4v) is 2.21. The third-order valence-electron chi connectivity index (χ3n) is 3.54. The van der Waals surface area contributed by atoms with Crippen LogP contribution in [0.25, 0.3) is 0 Å². The lowest BCUT2D eigenvalue weighted by Crippen LogP contribution is -2.52. The minimum Gasteiger partial charge on any atom is -0.368 e. The van der Waals surface area contributed by atoms with E-state index in [1.165, 1.54) is 0 Å². The first kappa shape index (κ1) is 14.0. The Hall–Kier alpha value is -1.40. The molecule has 1 atom stereocenters. The van der Waals surface area contributed by atoms with Crippen molar-refractivity contribution in [2.24, 2.45) is 0 Å².